The van der Waals surface area contributed by atoms with Gasteiger partial charge in [0.05, 0.1) is 25.7 Å². The Bertz CT molecular complexity index is 685. The topological polar surface area (TPSA) is 68.4 Å². The molecule has 5 heteroatoms. The average molecular weight is 287 g/mol. The van der Waals surface area contributed by atoms with E-state index in [1.165, 1.54) is 7.11 Å². The first kappa shape index (κ1) is 14.8. The van der Waals surface area contributed by atoms with Gasteiger partial charge in [0.15, 0.2) is 0 Å². The van der Waals surface area contributed by atoms with Crippen LogP contribution in [0.4, 0.5) is 0 Å². The summed E-state index contributed by atoms with van der Waals surface area (Å²) in [5, 5.41) is 0.810. The Morgan fingerprint density at radius 3 is 2.86 bits per heavy atom. The molecular formula is C16H17NO4. The summed E-state index contributed by atoms with van der Waals surface area (Å²) in [7, 11) is 1.35. The van der Waals surface area contributed by atoms with Gasteiger partial charge in [-0.2, -0.15) is 0 Å². The lowest BCUT2D eigenvalue weighted by Crippen LogP contribution is -2.02. The normalized spacial score (nSPS) is 11.0. The van der Waals surface area contributed by atoms with Crippen LogP contribution in [-0.4, -0.2) is 30.6 Å². The molecule has 0 spiro atoms. The number of rotatable bonds is 5. The fraction of sp³-hybridized carbons (Fsp3) is 0.250. The first-order valence-corrected chi connectivity index (χ1v) is 6.67. The van der Waals surface area contributed by atoms with Gasteiger partial charge in [-0.3, -0.25) is 4.79 Å². The molecule has 21 heavy (non-hydrogen) atoms. The van der Waals surface area contributed by atoms with Gasteiger partial charge in [0.25, 0.3) is 0 Å². The molecule has 0 radical (unpaired) electrons. The molecule has 1 aromatic heterocycles. The molecule has 0 saturated heterocycles. The highest BCUT2D eigenvalue weighted by atomic mass is 16.5. The Morgan fingerprint density at radius 2 is 2.14 bits per heavy atom. The van der Waals surface area contributed by atoms with Crippen molar-refractivity contribution < 1.29 is 19.1 Å². The van der Waals surface area contributed by atoms with E-state index in [1.807, 2.05) is 12.1 Å². The van der Waals surface area contributed by atoms with E-state index in [0.717, 1.165) is 16.5 Å². The second kappa shape index (κ2) is 6.74. The molecule has 0 amide bonds. The number of benzene rings is 1. The summed E-state index contributed by atoms with van der Waals surface area (Å²) >= 11 is 0. The number of nitrogens with one attached hydrogen (secondary N) is 1. The third kappa shape index (κ3) is 3.51. The monoisotopic (exact) mass is 287 g/mol. The van der Waals surface area contributed by atoms with Gasteiger partial charge in [0.1, 0.15) is 0 Å². The molecule has 0 fully saturated rings. The molecule has 0 aliphatic rings. The van der Waals surface area contributed by atoms with E-state index < -0.39 is 0 Å². The lowest BCUT2D eigenvalue weighted by molar-refractivity contribution is -0.142. The first-order valence-electron chi connectivity index (χ1n) is 6.67. The molecular weight excluding hydrogens is 270 g/mol. The number of ether oxygens (including phenoxy) is 2. The summed E-state index contributed by atoms with van der Waals surface area (Å²) < 4.78 is 9.64. The zero-order chi connectivity index (χ0) is 15.2. The molecule has 1 N–H and O–H groups in total. The average Bonchev–Trinajstić information content (AvgIpc) is 2.94. The quantitative estimate of drug-likeness (QED) is 0.858. The third-order valence-corrected chi connectivity index (χ3v) is 3.00. The summed E-state index contributed by atoms with van der Waals surface area (Å²) in [5.41, 5.74) is 2.15. The Kier molecular flexibility index (Phi) is 4.77. The van der Waals surface area contributed by atoms with Crippen LogP contribution in [0.5, 0.6) is 0 Å². The number of carbonyl (C=O) groups excluding carboxylic acids is 2. The minimum absolute atomic E-state index is 0.199. The van der Waals surface area contributed by atoms with E-state index in [1.54, 1.807) is 31.3 Å². The fourth-order valence-corrected chi connectivity index (χ4v) is 2.08. The van der Waals surface area contributed by atoms with Crippen molar-refractivity contribution in [2.75, 3.05) is 13.7 Å². The standard InChI is InChI=1S/C16H17NO4/c1-3-21-15(18)6-4-5-11-9-13(16(19)20-2)12-7-8-17-14(12)10-11/h4-5,7-10,17H,3,6H2,1-2H3. The number of esters is 2. The first-order chi connectivity index (χ1) is 10.2. The summed E-state index contributed by atoms with van der Waals surface area (Å²) in [4.78, 5) is 26.1. The van der Waals surface area contributed by atoms with E-state index in [0.29, 0.717) is 12.2 Å². The second-order valence-electron chi connectivity index (χ2n) is 4.41. The van der Waals surface area contributed by atoms with Crippen LogP contribution in [0.2, 0.25) is 0 Å². The summed E-state index contributed by atoms with van der Waals surface area (Å²) in [6, 6.07) is 5.47. The molecule has 2 rings (SSSR count). The van der Waals surface area contributed by atoms with E-state index in [2.05, 4.69) is 4.98 Å². The molecule has 0 atom stereocenters. The van der Waals surface area contributed by atoms with Gasteiger partial charge in [-0.25, -0.2) is 4.79 Å². The van der Waals surface area contributed by atoms with Crippen LogP contribution in [-0.2, 0) is 14.3 Å². The Balaban J connectivity index is 2.26. The van der Waals surface area contributed by atoms with Crippen LogP contribution in [0.1, 0.15) is 29.3 Å². The van der Waals surface area contributed by atoms with Crippen molar-refractivity contribution in [1.82, 2.24) is 4.98 Å². The lowest BCUT2D eigenvalue weighted by Gasteiger charge is -2.04. The SMILES string of the molecule is CCOC(=O)CC=Cc1cc(C(=O)OC)c2cc[nH]c2c1. The molecule has 0 aliphatic carbocycles. The molecule has 1 aromatic carbocycles. The second-order valence-corrected chi connectivity index (χ2v) is 4.41. The number of aromatic amines is 1. The highest BCUT2D eigenvalue weighted by Gasteiger charge is 2.12. The lowest BCUT2D eigenvalue weighted by atomic mass is 10.1. The van der Waals surface area contributed by atoms with Crippen molar-refractivity contribution in [1.29, 1.82) is 0 Å². The maximum Gasteiger partial charge on any atom is 0.338 e. The molecule has 1 heterocycles. The van der Waals surface area contributed by atoms with Crippen LogP contribution in [0.15, 0.2) is 30.5 Å². The third-order valence-electron chi connectivity index (χ3n) is 3.00. The molecule has 0 aliphatic heterocycles. The van der Waals surface area contributed by atoms with Gasteiger partial charge in [-0.05, 0) is 30.7 Å². The van der Waals surface area contributed by atoms with Gasteiger partial charge in [0, 0.05) is 17.1 Å². The highest BCUT2D eigenvalue weighted by molar-refractivity contribution is 6.04. The van der Waals surface area contributed by atoms with E-state index in [4.69, 9.17) is 9.47 Å². The van der Waals surface area contributed by atoms with Crippen molar-refractivity contribution in [3.8, 4) is 0 Å². The number of hydrogen-bond donors (Lipinski definition) is 1. The fourth-order valence-electron chi connectivity index (χ4n) is 2.08. The highest BCUT2D eigenvalue weighted by Crippen LogP contribution is 2.22. The van der Waals surface area contributed by atoms with Gasteiger partial charge in [-0.1, -0.05) is 12.2 Å². The maximum absolute atomic E-state index is 11.8. The van der Waals surface area contributed by atoms with Gasteiger partial charge in [0.2, 0.25) is 0 Å². The summed E-state index contributed by atoms with van der Waals surface area (Å²) in [6.45, 7) is 2.14. The van der Waals surface area contributed by atoms with E-state index in [-0.39, 0.29) is 18.4 Å². The predicted molar refractivity (Wildman–Crippen MR) is 79.9 cm³/mol. The zero-order valence-electron chi connectivity index (χ0n) is 12.0. The Labute approximate surface area is 122 Å². The number of fused-ring (bicyclic) bond motifs is 1. The van der Waals surface area contributed by atoms with Crippen molar-refractivity contribution in [2.45, 2.75) is 13.3 Å². The smallest absolute Gasteiger partial charge is 0.338 e. The van der Waals surface area contributed by atoms with Crippen molar-refractivity contribution in [2.24, 2.45) is 0 Å². The van der Waals surface area contributed by atoms with Gasteiger partial charge in [-0.15, -0.1) is 0 Å². The number of methoxy groups -OCH3 is 1. The maximum atomic E-state index is 11.8. The number of H-pyrrole nitrogens is 1. The van der Waals surface area contributed by atoms with Crippen molar-refractivity contribution in [3.63, 3.8) is 0 Å². The summed E-state index contributed by atoms with van der Waals surface area (Å²) in [5.74, 6) is -0.664. The van der Waals surface area contributed by atoms with Crippen LogP contribution >= 0.6 is 0 Å². The molecule has 110 valence electrons. The van der Waals surface area contributed by atoms with Gasteiger partial charge < -0.3 is 14.5 Å². The zero-order valence-corrected chi connectivity index (χ0v) is 12.0. The largest absolute Gasteiger partial charge is 0.466 e. The van der Waals surface area contributed by atoms with E-state index >= 15 is 0 Å². The number of aromatic nitrogens is 1. The molecule has 0 bridgehead atoms. The molecule has 0 saturated carbocycles. The Hall–Kier alpha value is -2.56. The molecule has 0 unspecified atom stereocenters. The van der Waals surface area contributed by atoms with E-state index in [9.17, 15) is 9.59 Å². The van der Waals surface area contributed by atoms with Crippen molar-refractivity contribution >= 4 is 28.9 Å². The Morgan fingerprint density at radius 1 is 1.33 bits per heavy atom. The number of carbonyl (C=O) groups is 2. The van der Waals surface area contributed by atoms with Crippen molar-refractivity contribution in [3.05, 3.63) is 41.6 Å². The number of hydrogen-bond acceptors (Lipinski definition) is 4. The minimum Gasteiger partial charge on any atom is -0.466 e. The molecule has 5 nitrogen and oxygen atoms in total. The molecule has 2 aromatic rings. The van der Waals surface area contributed by atoms with Crippen LogP contribution in [0.3, 0.4) is 0 Å². The predicted octanol–water partition coefficient (Wildman–Crippen LogP) is 2.92. The van der Waals surface area contributed by atoms with Crippen LogP contribution in [0.25, 0.3) is 17.0 Å². The minimum atomic E-state index is -0.389. The van der Waals surface area contributed by atoms with Gasteiger partial charge >= 0.3 is 11.9 Å². The summed E-state index contributed by atoms with van der Waals surface area (Å²) in [6.07, 6.45) is 5.46. The van der Waals surface area contributed by atoms with Crippen LogP contribution < -0.4 is 0 Å². The van der Waals surface area contributed by atoms with Crippen LogP contribution in [0, 0.1) is 0 Å².